The van der Waals surface area contributed by atoms with Crippen molar-refractivity contribution in [1.82, 2.24) is 0 Å². The van der Waals surface area contributed by atoms with Gasteiger partial charge in [-0.2, -0.15) is 0 Å². The first-order valence-electron chi connectivity index (χ1n) is 10.3. The summed E-state index contributed by atoms with van der Waals surface area (Å²) in [4.78, 5) is 26.1. The molecule has 31 heavy (non-hydrogen) atoms. The third-order valence-electron chi connectivity index (χ3n) is 5.37. The number of hydrogen-bond acceptors (Lipinski definition) is 4. The average molecular weight is 415 g/mol. The molecule has 2 amide bonds. The van der Waals surface area contributed by atoms with Gasteiger partial charge in [-0.1, -0.05) is 37.3 Å². The minimum absolute atomic E-state index is 0.00287. The number of rotatable bonds is 6. The highest BCUT2D eigenvalue weighted by molar-refractivity contribution is 6.05. The highest BCUT2D eigenvalue weighted by atomic mass is 16.5. The van der Waals surface area contributed by atoms with E-state index in [4.69, 9.17) is 4.74 Å². The standard InChI is InChI=1S/C25H25N3O3/c1-3-18-8-4-5-10-21(18)26-15-17-7-6-9-19(13-17)25(30)27-20-11-12-22-23(14-20)31-16-24(29)28(22)2/h4-14,26H,3,15-16H2,1-2H3,(H,27,30). The van der Waals surface area contributed by atoms with Crippen molar-refractivity contribution in [2.45, 2.75) is 19.9 Å². The molecule has 1 heterocycles. The van der Waals surface area contributed by atoms with Crippen LogP contribution < -0.4 is 20.3 Å². The number of hydrogen-bond donors (Lipinski definition) is 2. The summed E-state index contributed by atoms with van der Waals surface area (Å²) in [6.07, 6.45) is 0.958. The lowest BCUT2D eigenvalue weighted by Crippen LogP contribution is -2.35. The van der Waals surface area contributed by atoms with Gasteiger partial charge in [-0.15, -0.1) is 0 Å². The third-order valence-corrected chi connectivity index (χ3v) is 5.37. The van der Waals surface area contributed by atoms with E-state index in [1.807, 2.05) is 30.3 Å². The Labute approximate surface area is 181 Å². The van der Waals surface area contributed by atoms with Crippen molar-refractivity contribution in [3.63, 3.8) is 0 Å². The Balaban J connectivity index is 1.44. The number of amides is 2. The fourth-order valence-corrected chi connectivity index (χ4v) is 3.58. The second-order valence-corrected chi connectivity index (χ2v) is 7.44. The largest absolute Gasteiger partial charge is 0.481 e. The van der Waals surface area contributed by atoms with Crippen LogP contribution in [-0.2, 0) is 17.8 Å². The predicted octanol–water partition coefficient (Wildman–Crippen LogP) is 4.47. The summed E-state index contributed by atoms with van der Waals surface area (Å²) in [6, 6.07) is 21.1. The van der Waals surface area contributed by atoms with Crippen LogP contribution in [0.25, 0.3) is 0 Å². The van der Waals surface area contributed by atoms with Crippen LogP contribution in [-0.4, -0.2) is 25.5 Å². The molecule has 0 saturated heterocycles. The molecule has 0 spiro atoms. The molecule has 6 nitrogen and oxygen atoms in total. The quantitative estimate of drug-likeness (QED) is 0.623. The molecule has 0 aromatic heterocycles. The normalized spacial score (nSPS) is 12.7. The van der Waals surface area contributed by atoms with Gasteiger partial charge in [-0.3, -0.25) is 9.59 Å². The number of para-hydroxylation sites is 1. The number of benzene rings is 3. The molecule has 6 heteroatoms. The first-order chi connectivity index (χ1) is 15.0. The average Bonchev–Trinajstić information content (AvgIpc) is 2.80. The maximum Gasteiger partial charge on any atom is 0.264 e. The van der Waals surface area contributed by atoms with E-state index in [0.29, 0.717) is 29.2 Å². The molecule has 2 N–H and O–H groups in total. The molecule has 3 aromatic carbocycles. The SMILES string of the molecule is CCc1ccccc1NCc1cccc(C(=O)Nc2ccc3c(c2)OCC(=O)N3C)c1. The van der Waals surface area contributed by atoms with Crippen molar-refractivity contribution in [1.29, 1.82) is 0 Å². The zero-order valence-corrected chi connectivity index (χ0v) is 17.6. The second-order valence-electron chi connectivity index (χ2n) is 7.44. The Hall–Kier alpha value is -3.80. The maximum atomic E-state index is 12.8. The number of fused-ring (bicyclic) bond motifs is 1. The van der Waals surface area contributed by atoms with E-state index in [0.717, 1.165) is 17.7 Å². The first-order valence-corrected chi connectivity index (χ1v) is 10.3. The lowest BCUT2D eigenvalue weighted by Gasteiger charge is -2.26. The lowest BCUT2D eigenvalue weighted by atomic mass is 10.1. The van der Waals surface area contributed by atoms with Crippen LogP contribution in [0.1, 0.15) is 28.4 Å². The minimum Gasteiger partial charge on any atom is -0.481 e. The lowest BCUT2D eigenvalue weighted by molar-refractivity contribution is -0.120. The van der Waals surface area contributed by atoms with E-state index >= 15 is 0 Å². The van der Waals surface area contributed by atoms with Crippen molar-refractivity contribution < 1.29 is 14.3 Å². The molecular formula is C25H25N3O3. The minimum atomic E-state index is -0.198. The van der Waals surface area contributed by atoms with E-state index in [1.165, 1.54) is 5.56 Å². The van der Waals surface area contributed by atoms with Crippen LogP contribution in [0.3, 0.4) is 0 Å². The summed E-state index contributed by atoms with van der Waals surface area (Å²) < 4.78 is 5.50. The number of anilines is 3. The van der Waals surface area contributed by atoms with E-state index < -0.39 is 0 Å². The molecule has 0 unspecified atom stereocenters. The molecule has 0 bridgehead atoms. The van der Waals surface area contributed by atoms with E-state index in [1.54, 1.807) is 36.2 Å². The highest BCUT2D eigenvalue weighted by Crippen LogP contribution is 2.33. The third kappa shape index (κ3) is 4.53. The fourth-order valence-electron chi connectivity index (χ4n) is 3.58. The van der Waals surface area contributed by atoms with Gasteiger partial charge in [-0.05, 0) is 47.9 Å². The van der Waals surface area contributed by atoms with Gasteiger partial charge in [0.15, 0.2) is 6.61 Å². The summed E-state index contributed by atoms with van der Waals surface area (Å²) in [5, 5.41) is 6.37. The predicted molar refractivity (Wildman–Crippen MR) is 123 cm³/mol. The Morgan fingerprint density at radius 2 is 1.90 bits per heavy atom. The van der Waals surface area contributed by atoms with Gasteiger partial charge >= 0.3 is 0 Å². The zero-order chi connectivity index (χ0) is 21.8. The Kier molecular flexibility index (Phi) is 5.89. The molecule has 4 rings (SSSR count). The van der Waals surface area contributed by atoms with E-state index in [-0.39, 0.29) is 18.4 Å². The number of aryl methyl sites for hydroxylation is 1. The van der Waals surface area contributed by atoms with Crippen molar-refractivity contribution in [2.24, 2.45) is 0 Å². The molecule has 0 radical (unpaired) electrons. The van der Waals surface area contributed by atoms with Crippen LogP contribution in [0.2, 0.25) is 0 Å². The number of carbonyl (C=O) groups excluding carboxylic acids is 2. The topological polar surface area (TPSA) is 70.7 Å². The number of nitrogens with zero attached hydrogens (tertiary/aromatic N) is 1. The fraction of sp³-hybridized carbons (Fsp3) is 0.200. The molecule has 1 aliphatic rings. The van der Waals surface area contributed by atoms with Gasteiger partial charge in [0.05, 0.1) is 5.69 Å². The van der Waals surface area contributed by atoms with Crippen molar-refractivity contribution in [3.8, 4) is 5.75 Å². The number of carbonyl (C=O) groups is 2. The summed E-state index contributed by atoms with van der Waals surface area (Å²) in [7, 11) is 1.71. The molecular weight excluding hydrogens is 390 g/mol. The summed E-state index contributed by atoms with van der Waals surface area (Å²) in [6.45, 7) is 2.76. The van der Waals surface area contributed by atoms with Gasteiger partial charge < -0.3 is 20.3 Å². The molecule has 3 aromatic rings. The van der Waals surface area contributed by atoms with Crippen LogP contribution in [0.4, 0.5) is 17.1 Å². The van der Waals surface area contributed by atoms with Gasteiger partial charge in [0.2, 0.25) is 0 Å². The second kappa shape index (κ2) is 8.92. The Bertz CT molecular complexity index is 1130. The van der Waals surface area contributed by atoms with Crippen LogP contribution in [0.15, 0.2) is 66.7 Å². The number of nitrogens with one attached hydrogen (secondary N) is 2. The molecule has 0 aliphatic carbocycles. The zero-order valence-electron chi connectivity index (χ0n) is 17.6. The molecule has 0 fully saturated rings. The maximum absolute atomic E-state index is 12.8. The van der Waals surface area contributed by atoms with Crippen LogP contribution in [0.5, 0.6) is 5.75 Å². The van der Waals surface area contributed by atoms with Crippen LogP contribution in [0, 0.1) is 0 Å². The van der Waals surface area contributed by atoms with Gasteiger partial charge in [0, 0.05) is 36.6 Å². The summed E-state index contributed by atoms with van der Waals surface area (Å²) in [5.41, 5.74) is 5.28. The van der Waals surface area contributed by atoms with Gasteiger partial charge in [-0.25, -0.2) is 0 Å². The molecule has 0 atom stereocenters. The summed E-state index contributed by atoms with van der Waals surface area (Å²) >= 11 is 0. The number of likely N-dealkylation sites (N-methyl/N-ethyl adjacent to an activating group) is 1. The summed E-state index contributed by atoms with van der Waals surface area (Å²) in [5.74, 6) is 0.278. The Morgan fingerprint density at radius 3 is 2.74 bits per heavy atom. The highest BCUT2D eigenvalue weighted by Gasteiger charge is 2.22. The van der Waals surface area contributed by atoms with Crippen molar-refractivity contribution in [3.05, 3.63) is 83.4 Å². The monoisotopic (exact) mass is 415 g/mol. The van der Waals surface area contributed by atoms with Gasteiger partial charge in [0.1, 0.15) is 5.75 Å². The smallest absolute Gasteiger partial charge is 0.264 e. The number of ether oxygens (including phenoxy) is 1. The molecule has 1 aliphatic heterocycles. The Morgan fingerprint density at radius 1 is 1.06 bits per heavy atom. The van der Waals surface area contributed by atoms with Crippen molar-refractivity contribution in [2.75, 3.05) is 29.2 Å². The van der Waals surface area contributed by atoms with E-state index in [2.05, 4.69) is 29.7 Å². The van der Waals surface area contributed by atoms with Crippen LogP contribution >= 0.6 is 0 Å². The molecule has 158 valence electrons. The first kappa shape index (κ1) is 20.5. The molecule has 0 saturated carbocycles. The van der Waals surface area contributed by atoms with E-state index in [9.17, 15) is 9.59 Å². The van der Waals surface area contributed by atoms with Gasteiger partial charge in [0.25, 0.3) is 11.8 Å². The van der Waals surface area contributed by atoms with Crippen molar-refractivity contribution >= 4 is 28.9 Å².